The van der Waals surface area contributed by atoms with Crippen molar-refractivity contribution in [3.05, 3.63) is 35.6 Å². The predicted molar refractivity (Wildman–Crippen MR) is 52.2 cm³/mol. The van der Waals surface area contributed by atoms with Crippen LogP contribution in [0.3, 0.4) is 0 Å². The SMILES string of the molecule is Nc1cc(-c2cc(CO)ccc2F)no1. The van der Waals surface area contributed by atoms with Gasteiger partial charge in [0.05, 0.1) is 6.61 Å². The van der Waals surface area contributed by atoms with Crippen LogP contribution >= 0.6 is 0 Å². The summed E-state index contributed by atoms with van der Waals surface area (Å²) in [6.45, 7) is -0.152. The van der Waals surface area contributed by atoms with Crippen molar-refractivity contribution in [1.82, 2.24) is 5.16 Å². The summed E-state index contributed by atoms with van der Waals surface area (Å²) in [6, 6.07) is 5.71. The van der Waals surface area contributed by atoms with Crippen LogP contribution in [0, 0.1) is 5.82 Å². The van der Waals surface area contributed by atoms with Gasteiger partial charge in [0.1, 0.15) is 11.5 Å². The van der Waals surface area contributed by atoms with Crippen LogP contribution in [-0.2, 0) is 6.61 Å². The number of hydrogen-bond donors (Lipinski definition) is 2. The molecule has 0 aliphatic heterocycles. The number of aromatic nitrogens is 1. The largest absolute Gasteiger partial charge is 0.392 e. The Hall–Kier alpha value is -1.88. The van der Waals surface area contributed by atoms with E-state index in [4.69, 9.17) is 10.8 Å². The molecule has 0 saturated heterocycles. The summed E-state index contributed by atoms with van der Waals surface area (Å²) in [5.74, 6) is -0.306. The van der Waals surface area contributed by atoms with Crippen LogP contribution in [0.25, 0.3) is 11.3 Å². The van der Waals surface area contributed by atoms with Crippen LogP contribution in [0.1, 0.15) is 5.56 Å². The molecular formula is C10H9FN2O2. The lowest BCUT2D eigenvalue weighted by Gasteiger charge is -2.01. The van der Waals surface area contributed by atoms with Gasteiger partial charge in [-0.05, 0) is 17.7 Å². The lowest BCUT2D eigenvalue weighted by atomic mass is 10.1. The molecular weight excluding hydrogens is 199 g/mol. The molecule has 0 radical (unpaired) electrons. The smallest absolute Gasteiger partial charge is 0.222 e. The molecule has 1 heterocycles. The Labute approximate surface area is 85.1 Å². The van der Waals surface area contributed by atoms with Crippen molar-refractivity contribution in [1.29, 1.82) is 0 Å². The fourth-order valence-electron chi connectivity index (χ4n) is 1.28. The zero-order chi connectivity index (χ0) is 10.8. The Morgan fingerprint density at radius 3 is 2.80 bits per heavy atom. The molecule has 1 aromatic heterocycles. The third-order valence-electron chi connectivity index (χ3n) is 2.02. The van der Waals surface area contributed by atoms with Gasteiger partial charge in [-0.25, -0.2) is 4.39 Å². The Morgan fingerprint density at radius 2 is 2.20 bits per heavy atom. The molecule has 0 fully saturated rings. The van der Waals surface area contributed by atoms with Gasteiger partial charge in [0.15, 0.2) is 0 Å². The number of nitrogens with zero attached hydrogens (tertiary/aromatic N) is 1. The number of benzene rings is 1. The van der Waals surface area contributed by atoms with E-state index in [2.05, 4.69) is 9.68 Å². The minimum atomic E-state index is -0.430. The number of aliphatic hydroxyl groups excluding tert-OH is 1. The first-order valence-corrected chi connectivity index (χ1v) is 4.32. The minimum absolute atomic E-state index is 0.124. The van der Waals surface area contributed by atoms with Crippen LogP contribution in [0.15, 0.2) is 28.8 Å². The van der Waals surface area contributed by atoms with E-state index >= 15 is 0 Å². The van der Waals surface area contributed by atoms with Gasteiger partial charge in [0, 0.05) is 11.6 Å². The van der Waals surface area contributed by atoms with Crippen molar-refractivity contribution < 1.29 is 14.0 Å². The molecule has 0 spiro atoms. The molecule has 0 aliphatic carbocycles. The van der Waals surface area contributed by atoms with E-state index in [1.54, 1.807) is 0 Å². The monoisotopic (exact) mass is 208 g/mol. The minimum Gasteiger partial charge on any atom is -0.392 e. The molecule has 15 heavy (non-hydrogen) atoms. The Bertz CT molecular complexity index is 482. The van der Waals surface area contributed by atoms with Gasteiger partial charge in [0.25, 0.3) is 0 Å². The summed E-state index contributed by atoms with van der Waals surface area (Å²) in [7, 11) is 0. The van der Waals surface area contributed by atoms with Crippen molar-refractivity contribution in [3.8, 4) is 11.3 Å². The fraction of sp³-hybridized carbons (Fsp3) is 0.100. The highest BCUT2D eigenvalue weighted by Gasteiger charge is 2.10. The topological polar surface area (TPSA) is 72.3 Å². The Morgan fingerprint density at radius 1 is 1.40 bits per heavy atom. The molecule has 4 nitrogen and oxygen atoms in total. The van der Waals surface area contributed by atoms with Gasteiger partial charge in [-0.1, -0.05) is 11.2 Å². The summed E-state index contributed by atoms with van der Waals surface area (Å²) in [5.41, 5.74) is 6.53. The number of nitrogens with two attached hydrogens (primary N) is 1. The maximum atomic E-state index is 13.4. The average Bonchev–Trinajstić information content (AvgIpc) is 2.65. The Balaban J connectivity index is 2.51. The van der Waals surface area contributed by atoms with Gasteiger partial charge in [-0.2, -0.15) is 0 Å². The number of halogens is 1. The molecule has 5 heteroatoms. The van der Waals surface area contributed by atoms with E-state index in [0.29, 0.717) is 11.3 Å². The van der Waals surface area contributed by atoms with Gasteiger partial charge < -0.3 is 15.4 Å². The van der Waals surface area contributed by atoms with Crippen LogP contribution in [0.5, 0.6) is 0 Å². The highest BCUT2D eigenvalue weighted by atomic mass is 19.1. The van der Waals surface area contributed by atoms with Gasteiger partial charge in [-0.15, -0.1) is 0 Å². The Kier molecular flexibility index (Phi) is 2.39. The van der Waals surface area contributed by atoms with E-state index in [1.807, 2.05) is 0 Å². The number of rotatable bonds is 2. The van der Waals surface area contributed by atoms with Crippen molar-refractivity contribution in [2.24, 2.45) is 0 Å². The number of anilines is 1. The summed E-state index contributed by atoms with van der Waals surface area (Å²) in [5, 5.41) is 12.5. The summed E-state index contributed by atoms with van der Waals surface area (Å²) < 4.78 is 18.0. The fourth-order valence-corrected chi connectivity index (χ4v) is 1.28. The normalized spacial score (nSPS) is 10.5. The van der Waals surface area contributed by atoms with Crippen molar-refractivity contribution in [2.75, 3.05) is 5.73 Å². The first kappa shape index (κ1) is 9.67. The summed E-state index contributed by atoms with van der Waals surface area (Å²) >= 11 is 0. The molecule has 0 aliphatic rings. The highest BCUT2D eigenvalue weighted by molar-refractivity contribution is 5.62. The van der Waals surface area contributed by atoms with Crippen molar-refractivity contribution in [3.63, 3.8) is 0 Å². The third kappa shape index (κ3) is 1.82. The maximum Gasteiger partial charge on any atom is 0.222 e. The van der Waals surface area contributed by atoms with Crippen molar-refractivity contribution in [2.45, 2.75) is 6.61 Å². The van der Waals surface area contributed by atoms with Gasteiger partial charge in [-0.3, -0.25) is 0 Å². The molecule has 0 amide bonds. The number of nitrogen functional groups attached to an aromatic ring is 1. The summed E-state index contributed by atoms with van der Waals surface area (Å²) in [6.07, 6.45) is 0. The van der Waals surface area contributed by atoms with E-state index < -0.39 is 5.82 Å². The molecule has 0 unspecified atom stereocenters. The zero-order valence-corrected chi connectivity index (χ0v) is 7.77. The lowest BCUT2D eigenvalue weighted by molar-refractivity contribution is 0.281. The third-order valence-corrected chi connectivity index (χ3v) is 2.02. The van der Waals surface area contributed by atoms with E-state index in [1.165, 1.54) is 24.3 Å². The second kappa shape index (κ2) is 3.70. The molecule has 1 aromatic carbocycles. The van der Waals surface area contributed by atoms with E-state index in [9.17, 15) is 4.39 Å². The first-order valence-electron chi connectivity index (χ1n) is 4.32. The molecule has 2 aromatic rings. The predicted octanol–water partition coefficient (Wildman–Crippen LogP) is 1.56. The van der Waals surface area contributed by atoms with Gasteiger partial charge >= 0.3 is 0 Å². The van der Waals surface area contributed by atoms with E-state index in [0.717, 1.165) is 0 Å². The maximum absolute atomic E-state index is 13.4. The molecule has 0 atom stereocenters. The lowest BCUT2D eigenvalue weighted by Crippen LogP contribution is -1.89. The van der Waals surface area contributed by atoms with Crippen LogP contribution in [0.4, 0.5) is 10.3 Å². The summed E-state index contributed by atoms with van der Waals surface area (Å²) in [4.78, 5) is 0. The second-order valence-corrected chi connectivity index (χ2v) is 3.09. The first-order chi connectivity index (χ1) is 7.20. The molecule has 0 saturated carbocycles. The number of hydrogen-bond acceptors (Lipinski definition) is 4. The average molecular weight is 208 g/mol. The number of aliphatic hydroxyl groups is 1. The molecule has 78 valence electrons. The zero-order valence-electron chi connectivity index (χ0n) is 7.77. The standard InChI is InChI=1S/C10H9FN2O2/c11-8-2-1-6(5-14)3-7(8)9-4-10(12)15-13-9/h1-4,14H,5,12H2. The van der Waals surface area contributed by atoms with Crippen LogP contribution < -0.4 is 5.73 Å². The van der Waals surface area contributed by atoms with Crippen LogP contribution in [0.2, 0.25) is 0 Å². The highest BCUT2D eigenvalue weighted by Crippen LogP contribution is 2.24. The molecule has 2 rings (SSSR count). The van der Waals surface area contributed by atoms with Crippen molar-refractivity contribution >= 4 is 5.88 Å². The molecule has 0 bridgehead atoms. The molecule has 3 N–H and O–H groups in total. The quantitative estimate of drug-likeness (QED) is 0.785. The van der Waals surface area contributed by atoms with Crippen LogP contribution in [-0.4, -0.2) is 10.3 Å². The van der Waals surface area contributed by atoms with E-state index in [-0.39, 0.29) is 18.1 Å². The second-order valence-electron chi connectivity index (χ2n) is 3.09. The van der Waals surface area contributed by atoms with Gasteiger partial charge in [0.2, 0.25) is 5.88 Å².